The lowest BCUT2D eigenvalue weighted by molar-refractivity contribution is 0.0827. The molecule has 0 aliphatic heterocycles. The number of amides is 1. The predicted octanol–water partition coefficient (Wildman–Crippen LogP) is 4.31. The molecule has 3 rings (SSSR count). The minimum absolute atomic E-state index is 0.0661. The third kappa shape index (κ3) is 4.07. The SMILES string of the molecule is CCn1c(-c2ccc(C(N)=O)cc2)nnc1C(C)(C)Oc1c(F)cc(Cl)cc1F. The molecule has 1 amide bonds. The fraction of sp³-hybridized carbons (Fsp3) is 0.250. The first-order valence-electron chi connectivity index (χ1n) is 8.81. The lowest BCUT2D eigenvalue weighted by atomic mass is 10.1. The normalized spacial score (nSPS) is 11.5. The largest absolute Gasteiger partial charge is 0.474 e. The summed E-state index contributed by atoms with van der Waals surface area (Å²) in [5.41, 5.74) is 5.14. The highest BCUT2D eigenvalue weighted by atomic mass is 35.5. The van der Waals surface area contributed by atoms with Gasteiger partial charge in [-0.15, -0.1) is 10.2 Å². The second kappa shape index (κ2) is 7.79. The summed E-state index contributed by atoms with van der Waals surface area (Å²) in [5.74, 6) is -2.00. The van der Waals surface area contributed by atoms with Crippen LogP contribution in [0, 0.1) is 11.6 Å². The lowest BCUT2D eigenvalue weighted by Gasteiger charge is -2.26. The summed E-state index contributed by atoms with van der Waals surface area (Å²) in [6.45, 7) is 5.63. The molecule has 9 heteroatoms. The van der Waals surface area contributed by atoms with Gasteiger partial charge in [-0.2, -0.15) is 0 Å². The van der Waals surface area contributed by atoms with Gasteiger partial charge in [0.1, 0.15) is 0 Å². The first kappa shape index (κ1) is 20.7. The number of hydrogen-bond acceptors (Lipinski definition) is 4. The van der Waals surface area contributed by atoms with Crippen LogP contribution in [0.2, 0.25) is 5.02 Å². The minimum atomic E-state index is -1.20. The molecular weight excluding hydrogens is 402 g/mol. The summed E-state index contributed by atoms with van der Waals surface area (Å²) < 4.78 is 35.8. The maximum atomic E-state index is 14.2. The van der Waals surface area contributed by atoms with Gasteiger partial charge in [0, 0.05) is 22.7 Å². The van der Waals surface area contributed by atoms with Gasteiger partial charge in [0.15, 0.2) is 34.6 Å². The van der Waals surface area contributed by atoms with Crippen molar-refractivity contribution in [3.63, 3.8) is 0 Å². The van der Waals surface area contributed by atoms with Crippen molar-refractivity contribution in [3.05, 3.63) is 64.4 Å². The Morgan fingerprint density at radius 1 is 1.17 bits per heavy atom. The van der Waals surface area contributed by atoms with E-state index < -0.39 is 28.9 Å². The maximum absolute atomic E-state index is 14.2. The topological polar surface area (TPSA) is 83.0 Å². The van der Waals surface area contributed by atoms with Gasteiger partial charge in [-0.1, -0.05) is 23.7 Å². The van der Waals surface area contributed by atoms with Crippen molar-refractivity contribution in [2.75, 3.05) is 0 Å². The molecule has 0 aliphatic carbocycles. The third-order valence-corrected chi connectivity index (χ3v) is 4.57. The Kier molecular flexibility index (Phi) is 5.57. The third-order valence-electron chi connectivity index (χ3n) is 4.35. The minimum Gasteiger partial charge on any atom is -0.474 e. The average Bonchev–Trinajstić information content (AvgIpc) is 3.10. The van der Waals surface area contributed by atoms with Crippen molar-refractivity contribution >= 4 is 17.5 Å². The second-order valence-electron chi connectivity index (χ2n) is 6.84. The van der Waals surface area contributed by atoms with Crippen LogP contribution in [0.1, 0.15) is 37.0 Å². The van der Waals surface area contributed by atoms with E-state index in [2.05, 4.69) is 10.2 Å². The van der Waals surface area contributed by atoms with Crippen LogP contribution in [0.25, 0.3) is 11.4 Å². The Morgan fingerprint density at radius 2 is 1.76 bits per heavy atom. The number of halogens is 3. The first-order chi connectivity index (χ1) is 13.6. The lowest BCUT2D eigenvalue weighted by Crippen LogP contribution is -2.30. The molecule has 0 unspecified atom stereocenters. The van der Waals surface area contributed by atoms with Crippen LogP contribution in [-0.2, 0) is 12.1 Å². The van der Waals surface area contributed by atoms with Gasteiger partial charge in [-0.25, -0.2) is 8.78 Å². The number of primary amides is 1. The molecule has 1 heterocycles. The van der Waals surface area contributed by atoms with E-state index in [0.29, 0.717) is 29.3 Å². The Bertz CT molecular complexity index is 1040. The standard InChI is InChI=1S/C20H19ClF2N4O2/c1-4-27-18(12-7-5-11(6-8-12)17(24)28)25-26-19(27)20(2,3)29-16-14(22)9-13(21)10-15(16)23/h5-10H,4H2,1-3H3,(H2,24,28). The van der Waals surface area contributed by atoms with Crippen molar-refractivity contribution in [2.24, 2.45) is 5.73 Å². The van der Waals surface area contributed by atoms with Crippen LogP contribution in [0.4, 0.5) is 8.78 Å². The summed E-state index contributed by atoms with van der Waals surface area (Å²) in [4.78, 5) is 11.3. The molecule has 3 aromatic rings. The van der Waals surface area contributed by atoms with Crippen molar-refractivity contribution in [2.45, 2.75) is 32.9 Å². The summed E-state index contributed by atoms with van der Waals surface area (Å²) in [6, 6.07) is 8.54. The Balaban J connectivity index is 2.00. The second-order valence-corrected chi connectivity index (χ2v) is 7.28. The first-order valence-corrected chi connectivity index (χ1v) is 9.19. The van der Waals surface area contributed by atoms with E-state index in [0.717, 1.165) is 12.1 Å². The summed E-state index contributed by atoms with van der Waals surface area (Å²) in [7, 11) is 0. The molecule has 2 N–H and O–H groups in total. The van der Waals surface area contributed by atoms with Crippen molar-refractivity contribution in [1.29, 1.82) is 0 Å². The zero-order valence-corrected chi connectivity index (χ0v) is 16.8. The number of nitrogens with zero attached hydrogens (tertiary/aromatic N) is 3. The Labute approximate surface area is 171 Å². The van der Waals surface area contributed by atoms with E-state index >= 15 is 0 Å². The average molecular weight is 421 g/mol. The molecule has 6 nitrogen and oxygen atoms in total. The fourth-order valence-corrected chi connectivity index (χ4v) is 3.16. The van der Waals surface area contributed by atoms with E-state index in [9.17, 15) is 13.6 Å². The number of aromatic nitrogens is 3. The molecule has 152 valence electrons. The molecule has 0 radical (unpaired) electrons. The molecular formula is C20H19ClF2N4O2. The van der Waals surface area contributed by atoms with Crippen molar-refractivity contribution < 1.29 is 18.3 Å². The maximum Gasteiger partial charge on any atom is 0.248 e. The van der Waals surface area contributed by atoms with E-state index in [-0.39, 0.29) is 5.02 Å². The van der Waals surface area contributed by atoms with Crippen LogP contribution in [0.15, 0.2) is 36.4 Å². The van der Waals surface area contributed by atoms with Gasteiger partial charge >= 0.3 is 0 Å². The number of ether oxygens (including phenoxy) is 1. The summed E-state index contributed by atoms with van der Waals surface area (Å²) >= 11 is 5.67. The van der Waals surface area contributed by atoms with Crippen LogP contribution in [0.5, 0.6) is 5.75 Å². The Hall–Kier alpha value is -3.00. The predicted molar refractivity (Wildman–Crippen MR) is 105 cm³/mol. The molecule has 0 fully saturated rings. The van der Waals surface area contributed by atoms with Crippen LogP contribution < -0.4 is 10.5 Å². The highest BCUT2D eigenvalue weighted by Crippen LogP contribution is 2.33. The number of carbonyl (C=O) groups excluding carboxylic acids is 1. The fourth-order valence-electron chi connectivity index (χ4n) is 2.97. The van der Waals surface area contributed by atoms with E-state index in [1.54, 1.807) is 42.7 Å². The zero-order chi connectivity index (χ0) is 21.3. The molecule has 29 heavy (non-hydrogen) atoms. The smallest absolute Gasteiger partial charge is 0.248 e. The quantitative estimate of drug-likeness (QED) is 0.644. The Morgan fingerprint density at radius 3 is 2.28 bits per heavy atom. The molecule has 0 spiro atoms. The molecule has 0 saturated carbocycles. The molecule has 2 aromatic carbocycles. The molecule has 0 atom stereocenters. The number of carbonyl (C=O) groups is 1. The molecule has 1 aromatic heterocycles. The number of benzene rings is 2. The van der Waals surface area contributed by atoms with Gasteiger partial charge in [0.05, 0.1) is 0 Å². The van der Waals surface area contributed by atoms with Gasteiger partial charge in [0.25, 0.3) is 0 Å². The molecule has 0 saturated heterocycles. The monoisotopic (exact) mass is 420 g/mol. The number of nitrogens with two attached hydrogens (primary N) is 1. The van der Waals surface area contributed by atoms with Gasteiger partial charge < -0.3 is 15.0 Å². The highest BCUT2D eigenvalue weighted by molar-refractivity contribution is 6.30. The number of rotatable bonds is 6. The summed E-state index contributed by atoms with van der Waals surface area (Å²) in [6.07, 6.45) is 0. The highest BCUT2D eigenvalue weighted by Gasteiger charge is 2.33. The van der Waals surface area contributed by atoms with E-state index in [1.807, 2.05) is 6.92 Å². The molecule has 0 aliphatic rings. The zero-order valence-electron chi connectivity index (χ0n) is 16.0. The van der Waals surface area contributed by atoms with Crippen molar-refractivity contribution in [1.82, 2.24) is 14.8 Å². The van der Waals surface area contributed by atoms with Gasteiger partial charge in [0.2, 0.25) is 5.91 Å². The van der Waals surface area contributed by atoms with E-state index in [1.165, 1.54) is 0 Å². The molecule has 0 bridgehead atoms. The van der Waals surface area contributed by atoms with Gasteiger partial charge in [-0.3, -0.25) is 4.79 Å². The summed E-state index contributed by atoms with van der Waals surface area (Å²) in [5, 5.41) is 8.33. The number of hydrogen-bond donors (Lipinski definition) is 1. The van der Waals surface area contributed by atoms with Crippen molar-refractivity contribution in [3.8, 4) is 17.1 Å². The van der Waals surface area contributed by atoms with Gasteiger partial charge in [-0.05, 0) is 45.0 Å². The van der Waals surface area contributed by atoms with E-state index in [4.69, 9.17) is 22.1 Å². The van der Waals surface area contributed by atoms with Crippen LogP contribution in [0.3, 0.4) is 0 Å². The van der Waals surface area contributed by atoms with Crippen LogP contribution in [-0.4, -0.2) is 20.7 Å². The van der Waals surface area contributed by atoms with Crippen LogP contribution >= 0.6 is 11.6 Å².